The largest absolute Gasteiger partial charge is 0.395 e. The quantitative estimate of drug-likeness (QED) is 0.0950. The molecule has 0 amide bonds. The Bertz CT molecular complexity index is 1430. The lowest BCUT2D eigenvalue weighted by Gasteiger charge is -2.41. The van der Waals surface area contributed by atoms with Crippen LogP contribution in [0.2, 0.25) is 0 Å². The minimum absolute atomic E-state index is 0.243. The molecule has 0 spiro atoms. The van der Waals surface area contributed by atoms with Gasteiger partial charge in [0, 0.05) is 31.7 Å². The molecule has 3 unspecified atom stereocenters. The molecule has 49 heavy (non-hydrogen) atoms. The highest BCUT2D eigenvalue weighted by atomic mass is 19.1. The first kappa shape index (κ1) is 36.8. The van der Waals surface area contributed by atoms with Crippen molar-refractivity contribution in [3.05, 3.63) is 143 Å². The van der Waals surface area contributed by atoms with E-state index in [1.165, 1.54) is 44.2 Å². The molecule has 0 radical (unpaired) electrons. The molecule has 5 nitrogen and oxygen atoms in total. The van der Waals surface area contributed by atoms with Crippen molar-refractivity contribution >= 4 is 0 Å². The van der Waals surface area contributed by atoms with Crippen LogP contribution in [0.15, 0.2) is 109 Å². The number of aliphatic hydroxyl groups is 2. The summed E-state index contributed by atoms with van der Waals surface area (Å²) in [7, 11) is 0. The van der Waals surface area contributed by atoms with E-state index in [0.717, 1.165) is 29.2 Å². The van der Waals surface area contributed by atoms with Crippen molar-refractivity contribution in [2.75, 3.05) is 13.2 Å². The first-order valence-corrected chi connectivity index (χ1v) is 17.9. The molecular formula is C42H52F2N2O3. The average Bonchev–Trinajstić information content (AvgIpc) is 3.12. The molecule has 1 aliphatic carbocycles. The van der Waals surface area contributed by atoms with E-state index >= 15 is 0 Å². The van der Waals surface area contributed by atoms with Gasteiger partial charge in [0.15, 0.2) is 0 Å². The zero-order valence-corrected chi connectivity index (χ0v) is 28.5. The Kier molecular flexibility index (Phi) is 14.8. The van der Waals surface area contributed by atoms with Gasteiger partial charge in [-0.25, -0.2) is 8.78 Å². The number of hydrogen-bond donors (Lipinski definition) is 3. The average molecular weight is 671 g/mol. The van der Waals surface area contributed by atoms with Crippen molar-refractivity contribution in [3.63, 3.8) is 0 Å². The SMILES string of the molecule is OCC(NC[C@H](O)CCC1CCCCC1)C(OCc1ccccc1)C(Cc1cc(F)cc(F)c1)N(Cc1ccccc1)Cc1ccccc1. The van der Waals surface area contributed by atoms with Crippen LogP contribution < -0.4 is 5.32 Å². The number of rotatable bonds is 19. The van der Waals surface area contributed by atoms with E-state index < -0.39 is 35.9 Å². The van der Waals surface area contributed by atoms with Crippen LogP contribution in [0.25, 0.3) is 0 Å². The Hall–Kier alpha value is -3.46. The van der Waals surface area contributed by atoms with Crippen molar-refractivity contribution in [2.24, 2.45) is 5.92 Å². The van der Waals surface area contributed by atoms with Gasteiger partial charge >= 0.3 is 0 Å². The molecule has 3 N–H and O–H groups in total. The molecule has 0 aliphatic heterocycles. The second-order valence-corrected chi connectivity index (χ2v) is 13.6. The predicted molar refractivity (Wildman–Crippen MR) is 192 cm³/mol. The molecule has 0 aromatic heterocycles. The Morgan fingerprint density at radius 3 is 1.84 bits per heavy atom. The molecule has 1 saturated carbocycles. The van der Waals surface area contributed by atoms with Crippen LogP contribution in [0.3, 0.4) is 0 Å². The maximum absolute atomic E-state index is 14.6. The topological polar surface area (TPSA) is 65.0 Å². The number of aliphatic hydroxyl groups excluding tert-OH is 2. The molecule has 7 heteroatoms. The zero-order valence-electron chi connectivity index (χ0n) is 28.5. The van der Waals surface area contributed by atoms with E-state index in [4.69, 9.17) is 4.74 Å². The molecule has 0 bridgehead atoms. The Balaban J connectivity index is 1.47. The summed E-state index contributed by atoms with van der Waals surface area (Å²) >= 11 is 0. The summed E-state index contributed by atoms with van der Waals surface area (Å²) in [4.78, 5) is 2.28. The van der Waals surface area contributed by atoms with Gasteiger partial charge in [-0.1, -0.05) is 123 Å². The highest BCUT2D eigenvalue weighted by Gasteiger charge is 2.35. The summed E-state index contributed by atoms with van der Waals surface area (Å²) in [6.45, 7) is 1.44. The van der Waals surface area contributed by atoms with Gasteiger partial charge in [0.2, 0.25) is 0 Å². The highest BCUT2D eigenvalue weighted by Crippen LogP contribution is 2.28. The molecule has 4 aromatic rings. The van der Waals surface area contributed by atoms with E-state index in [-0.39, 0.29) is 19.6 Å². The van der Waals surface area contributed by atoms with Crippen LogP contribution >= 0.6 is 0 Å². The Morgan fingerprint density at radius 2 is 1.29 bits per heavy atom. The summed E-state index contributed by atoms with van der Waals surface area (Å²) in [5.41, 5.74) is 3.65. The summed E-state index contributed by atoms with van der Waals surface area (Å²) in [5.74, 6) is -0.600. The molecule has 4 aromatic carbocycles. The number of nitrogens with one attached hydrogen (secondary N) is 1. The number of benzene rings is 4. The van der Waals surface area contributed by atoms with Crippen molar-refractivity contribution in [3.8, 4) is 0 Å². The molecule has 4 atom stereocenters. The fourth-order valence-corrected chi connectivity index (χ4v) is 7.19. The lowest BCUT2D eigenvalue weighted by Crippen LogP contribution is -2.57. The van der Waals surface area contributed by atoms with Gasteiger partial charge < -0.3 is 20.3 Å². The fourth-order valence-electron chi connectivity index (χ4n) is 7.19. The van der Waals surface area contributed by atoms with E-state index in [1.807, 2.05) is 66.7 Å². The van der Waals surface area contributed by atoms with Gasteiger partial charge in [-0.15, -0.1) is 0 Å². The van der Waals surface area contributed by atoms with Crippen molar-refractivity contribution < 1.29 is 23.7 Å². The van der Waals surface area contributed by atoms with E-state index in [2.05, 4.69) is 34.5 Å². The van der Waals surface area contributed by atoms with Gasteiger partial charge in [-0.3, -0.25) is 4.90 Å². The fraction of sp³-hybridized carbons (Fsp3) is 0.429. The number of nitrogens with zero attached hydrogens (tertiary/aromatic N) is 1. The third kappa shape index (κ3) is 12.1. The summed E-state index contributed by atoms with van der Waals surface area (Å²) in [6, 6.07) is 32.8. The zero-order chi connectivity index (χ0) is 34.3. The minimum Gasteiger partial charge on any atom is -0.395 e. The molecule has 262 valence electrons. The molecule has 1 fully saturated rings. The maximum Gasteiger partial charge on any atom is 0.126 e. The predicted octanol–water partition coefficient (Wildman–Crippen LogP) is 7.84. The van der Waals surface area contributed by atoms with Crippen LogP contribution in [0, 0.1) is 17.6 Å². The van der Waals surface area contributed by atoms with Gasteiger partial charge in [-0.05, 0) is 59.6 Å². The standard InChI is InChI=1S/C42H52F2N2O3/c43-37-23-36(24-38(44)26-37)25-41(46(28-33-15-7-2-8-16-33)29-34-17-9-3-10-18-34)42(49-31-35-19-11-4-12-20-35)40(30-47)45-27-39(48)22-21-32-13-5-1-6-14-32/h2-4,7-12,15-20,23-24,26,32,39-42,45,47-48H,1,5-6,13-14,21-22,25,27-31H2/t39-,40?,41?,42?/m1/s1. The maximum atomic E-state index is 14.6. The first-order valence-electron chi connectivity index (χ1n) is 17.9. The van der Waals surface area contributed by atoms with Gasteiger partial charge in [0.25, 0.3) is 0 Å². The molecular weight excluding hydrogens is 618 g/mol. The Morgan fingerprint density at radius 1 is 0.735 bits per heavy atom. The first-order chi connectivity index (χ1) is 24.0. The van der Waals surface area contributed by atoms with E-state index in [0.29, 0.717) is 37.5 Å². The third-order valence-electron chi connectivity index (χ3n) is 9.80. The number of ether oxygens (including phenoxy) is 1. The highest BCUT2D eigenvalue weighted by molar-refractivity contribution is 5.22. The number of hydrogen-bond acceptors (Lipinski definition) is 5. The molecule has 1 aliphatic rings. The van der Waals surface area contributed by atoms with Crippen LogP contribution in [-0.4, -0.2) is 52.6 Å². The molecule has 5 rings (SSSR count). The van der Waals surface area contributed by atoms with E-state index in [9.17, 15) is 19.0 Å². The van der Waals surface area contributed by atoms with Gasteiger partial charge in [0.1, 0.15) is 11.6 Å². The van der Waals surface area contributed by atoms with Crippen molar-refractivity contribution in [2.45, 2.75) is 95.4 Å². The van der Waals surface area contributed by atoms with Crippen LogP contribution in [0.1, 0.15) is 67.2 Å². The van der Waals surface area contributed by atoms with Gasteiger partial charge in [0.05, 0.1) is 31.5 Å². The molecule has 0 saturated heterocycles. The second-order valence-electron chi connectivity index (χ2n) is 13.6. The van der Waals surface area contributed by atoms with Crippen LogP contribution in [-0.2, 0) is 30.9 Å². The minimum atomic E-state index is -0.633. The monoisotopic (exact) mass is 670 g/mol. The van der Waals surface area contributed by atoms with Crippen LogP contribution in [0.4, 0.5) is 8.78 Å². The third-order valence-corrected chi connectivity index (χ3v) is 9.80. The smallest absolute Gasteiger partial charge is 0.126 e. The lowest BCUT2D eigenvalue weighted by molar-refractivity contribution is -0.0600. The summed E-state index contributed by atoms with van der Waals surface area (Å²) < 4.78 is 36.0. The molecule has 0 heterocycles. The van der Waals surface area contributed by atoms with Gasteiger partial charge in [-0.2, -0.15) is 0 Å². The van der Waals surface area contributed by atoms with Crippen molar-refractivity contribution in [1.29, 1.82) is 0 Å². The van der Waals surface area contributed by atoms with Crippen LogP contribution in [0.5, 0.6) is 0 Å². The summed E-state index contributed by atoms with van der Waals surface area (Å²) in [5, 5.41) is 25.5. The van der Waals surface area contributed by atoms with E-state index in [1.54, 1.807) is 0 Å². The Labute approximate surface area is 291 Å². The van der Waals surface area contributed by atoms with Crippen molar-refractivity contribution in [1.82, 2.24) is 10.2 Å². The lowest BCUT2D eigenvalue weighted by atomic mass is 9.85. The summed E-state index contributed by atoms with van der Waals surface area (Å²) in [6.07, 6.45) is 7.10. The normalized spacial score (nSPS) is 16.3. The number of halogens is 2. The second kappa shape index (κ2) is 19.7.